The number of hydrogen-bond donors (Lipinski definition) is 0. The van der Waals surface area contributed by atoms with Crippen LogP contribution in [0.25, 0.3) is 0 Å². The summed E-state index contributed by atoms with van der Waals surface area (Å²) in [7, 11) is -2.53. The van der Waals surface area contributed by atoms with E-state index in [4.69, 9.17) is 4.43 Å². The van der Waals surface area contributed by atoms with Crippen LogP contribution in [-0.2, 0) is 9.22 Å². The van der Waals surface area contributed by atoms with Crippen LogP contribution in [0.3, 0.4) is 0 Å². The Morgan fingerprint density at radius 1 is 1.03 bits per heavy atom. The monoisotopic (exact) mass is 407 g/mol. The maximum absolute atomic E-state index is 11.6. The number of rotatable bonds is 6. The molecule has 0 unspecified atom stereocenters. The Morgan fingerprint density at radius 2 is 1.62 bits per heavy atom. The lowest BCUT2D eigenvalue weighted by molar-refractivity contribution is -0.112. The van der Waals surface area contributed by atoms with Gasteiger partial charge in [-0.2, -0.15) is 0 Å². The Morgan fingerprint density at radius 3 is 2.14 bits per heavy atom. The zero-order valence-corrected chi connectivity index (χ0v) is 18.9. The van der Waals surface area contributed by atoms with E-state index < -0.39 is 8.32 Å². The Hall–Kier alpha value is -1.75. The van der Waals surface area contributed by atoms with Crippen molar-refractivity contribution in [3.8, 4) is 0 Å². The highest BCUT2D eigenvalue weighted by atomic mass is 28.4. The first-order valence-electron chi connectivity index (χ1n) is 10.9. The van der Waals surface area contributed by atoms with Gasteiger partial charge in [-0.05, 0) is 47.6 Å². The Balaban J connectivity index is 1.77. The molecule has 0 aromatic heterocycles. The average Bonchev–Trinajstić information content (AvgIpc) is 3.28. The highest BCUT2D eigenvalue weighted by Gasteiger charge is 2.54. The van der Waals surface area contributed by atoms with Crippen LogP contribution in [0.5, 0.6) is 0 Å². The molecule has 154 valence electrons. The van der Waals surface area contributed by atoms with Crippen LogP contribution in [0, 0.1) is 0 Å². The Labute approximate surface area is 176 Å². The summed E-state index contributed by atoms with van der Waals surface area (Å²) in [5.74, 6) is 0. The van der Waals surface area contributed by atoms with E-state index in [1.54, 1.807) is 0 Å². The van der Waals surface area contributed by atoms with Gasteiger partial charge < -0.3 is 9.22 Å². The lowest BCUT2D eigenvalue weighted by Crippen LogP contribution is -2.68. The summed E-state index contributed by atoms with van der Waals surface area (Å²) in [4.78, 5) is 14.1. The molecule has 0 aliphatic carbocycles. The largest absolute Gasteiger partial charge is 0.406 e. The van der Waals surface area contributed by atoms with Gasteiger partial charge in [-0.1, -0.05) is 81.4 Å². The molecule has 0 spiro atoms. The summed E-state index contributed by atoms with van der Waals surface area (Å²) in [5, 5.41) is 2.63. The fourth-order valence-corrected chi connectivity index (χ4v) is 10.3. The third-order valence-electron chi connectivity index (χ3n) is 7.09. The molecule has 2 fully saturated rings. The van der Waals surface area contributed by atoms with Crippen LogP contribution in [-0.4, -0.2) is 44.2 Å². The van der Waals surface area contributed by atoms with Crippen molar-refractivity contribution in [2.45, 2.75) is 63.1 Å². The van der Waals surface area contributed by atoms with E-state index >= 15 is 0 Å². The molecular weight excluding hydrogens is 374 g/mol. The number of carbonyl (C=O) groups is 1. The molecule has 0 radical (unpaired) electrons. The highest BCUT2D eigenvalue weighted by Crippen LogP contribution is 2.44. The molecular formula is C25H33NO2Si. The van der Waals surface area contributed by atoms with Crippen molar-refractivity contribution in [3.63, 3.8) is 0 Å². The van der Waals surface area contributed by atoms with E-state index in [2.05, 4.69) is 86.3 Å². The molecule has 2 aliphatic heterocycles. The molecule has 29 heavy (non-hydrogen) atoms. The quantitative estimate of drug-likeness (QED) is 0.539. The van der Waals surface area contributed by atoms with Crippen molar-refractivity contribution in [1.82, 2.24) is 4.90 Å². The molecule has 0 amide bonds. The first-order valence-corrected chi connectivity index (χ1v) is 12.8. The normalized spacial score (nSPS) is 25.1. The van der Waals surface area contributed by atoms with E-state index in [0.29, 0.717) is 6.61 Å². The minimum Gasteiger partial charge on any atom is -0.406 e. The van der Waals surface area contributed by atoms with Gasteiger partial charge in [0.25, 0.3) is 8.32 Å². The lowest BCUT2D eigenvalue weighted by atomic mass is 9.95. The van der Waals surface area contributed by atoms with Gasteiger partial charge in [-0.3, -0.25) is 4.90 Å². The average molecular weight is 408 g/mol. The molecule has 2 atom stereocenters. The first kappa shape index (κ1) is 20.5. The molecule has 2 aliphatic rings. The van der Waals surface area contributed by atoms with Gasteiger partial charge in [0.1, 0.15) is 6.29 Å². The number of aldehydes is 1. The zero-order valence-electron chi connectivity index (χ0n) is 17.9. The number of carbonyl (C=O) groups excluding carboxylic acids is 1. The van der Waals surface area contributed by atoms with Gasteiger partial charge >= 0.3 is 0 Å². The first-order chi connectivity index (χ1) is 13.9. The zero-order chi connectivity index (χ0) is 20.5. The summed E-state index contributed by atoms with van der Waals surface area (Å²) in [6, 6.07) is 21.8. The summed E-state index contributed by atoms with van der Waals surface area (Å²) >= 11 is 0. The summed E-state index contributed by atoms with van der Waals surface area (Å²) in [5.41, 5.74) is 0.0264. The Kier molecular flexibility index (Phi) is 5.53. The molecule has 4 heteroatoms. The fraction of sp³-hybridized carbons (Fsp3) is 0.480. The molecule has 2 saturated heterocycles. The van der Waals surface area contributed by atoms with E-state index in [1.165, 1.54) is 10.4 Å². The summed E-state index contributed by atoms with van der Waals surface area (Å²) < 4.78 is 7.23. The number of fused-ring (bicyclic) bond motifs is 1. The van der Waals surface area contributed by atoms with E-state index in [9.17, 15) is 4.79 Å². The van der Waals surface area contributed by atoms with Gasteiger partial charge in [0.2, 0.25) is 0 Å². The van der Waals surface area contributed by atoms with E-state index in [-0.39, 0.29) is 16.6 Å². The van der Waals surface area contributed by atoms with Gasteiger partial charge in [0.05, 0.1) is 12.6 Å². The van der Waals surface area contributed by atoms with Crippen LogP contribution in [0.2, 0.25) is 5.04 Å². The highest BCUT2D eigenvalue weighted by molar-refractivity contribution is 6.99. The van der Waals surface area contributed by atoms with Crippen molar-refractivity contribution >= 4 is 25.0 Å². The molecule has 3 nitrogen and oxygen atoms in total. The molecule has 2 aromatic rings. The van der Waals surface area contributed by atoms with Crippen molar-refractivity contribution in [2.24, 2.45) is 0 Å². The molecule has 2 aromatic carbocycles. The minimum atomic E-state index is -2.53. The van der Waals surface area contributed by atoms with E-state index in [1.807, 2.05) is 0 Å². The van der Waals surface area contributed by atoms with E-state index in [0.717, 1.165) is 38.5 Å². The molecule has 0 saturated carbocycles. The van der Waals surface area contributed by atoms with Crippen LogP contribution in [0.1, 0.15) is 46.5 Å². The van der Waals surface area contributed by atoms with Crippen LogP contribution in [0.4, 0.5) is 0 Å². The van der Waals surface area contributed by atoms with Crippen molar-refractivity contribution in [3.05, 3.63) is 60.7 Å². The predicted octanol–water partition coefficient (Wildman–Crippen LogP) is 3.76. The topological polar surface area (TPSA) is 29.5 Å². The number of benzene rings is 2. The van der Waals surface area contributed by atoms with Gasteiger partial charge in [0.15, 0.2) is 0 Å². The third kappa shape index (κ3) is 3.41. The number of nitrogens with zero attached hydrogens (tertiary/aromatic N) is 1. The maximum atomic E-state index is 11.6. The molecule has 0 bridgehead atoms. The second-order valence-electron chi connectivity index (χ2n) is 9.72. The van der Waals surface area contributed by atoms with Crippen LogP contribution >= 0.6 is 0 Å². The van der Waals surface area contributed by atoms with Crippen molar-refractivity contribution < 1.29 is 9.22 Å². The fourth-order valence-electron chi connectivity index (χ4n) is 5.69. The standard InChI is InChI=1S/C25H33NO2Si/c1-24(2,3)29(22-11-6-4-7-12-22,23-13-8-5-9-14-23)28-20-25-16-10-18-26(25)21(19-27)15-17-25/h4-9,11-14,19,21H,10,15-18,20H2,1-3H3/t21-,25+/m0/s1. The van der Waals surface area contributed by atoms with Gasteiger partial charge in [-0.15, -0.1) is 0 Å². The summed E-state index contributed by atoms with van der Waals surface area (Å²) in [6.45, 7) is 8.71. The Bertz CT molecular complexity index is 793. The molecule has 0 N–H and O–H groups in total. The minimum absolute atomic E-state index is 0.0154. The molecule has 2 heterocycles. The second-order valence-corrected chi connectivity index (χ2v) is 14.0. The SMILES string of the molecule is CC(C)(C)[Si](OC[C@]12CCCN1[C@H](C=O)CC2)(c1ccccc1)c1ccccc1. The smallest absolute Gasteiger partial charge is 0.261 e. The van der Waals surface area contributed by atoms with Crippen molar-refractivity contribution in [2.75, 3.05) is 13.2 Å². The van der Waals surface area contributed by atoms with Crippen molar-refractivity contribution in [1.29, 1.82) is 0 Å². The molecule has 4 rings (SSSR count). The maximum Gasteiger partial charge on any atom is 0.261 e. The van der Waals surface area contributed by atoms with Crippen LogP contribution < -0.4 is 10.4 Å². The van der Waals surface area contributed by atoms with Crippen LogP contribution in [0.15, 0.2) is 60.7 Å². The van der Waals surface area contributed by atoms with Gasteiger partial charge in [-0.25, -0.2) is 0 Å². The lowest BCUT2D eigenvalue weighted by Gasteiger charge is -2.46. The second kappa shape index (κ2) is 7.82. The summed E-state index contributed by atoms with van der Waals surface area (Å²) in [6.07, 6.45) is 5.47. The number of hydrogen-bond acceptors (Lipinski definition) is 3. The van der Waals surface area contributed by atoms with Gasteiger partial charge in [0, 0.05) is 5.54 Å². The third-order valence-corrected chi connectivity index (χ3v) is 12.1. The predicted molar refractivity (Wildman–Crippen MR) is 121 cm³/mol.